The lowest BCUT2D eigenvalue weighted by Crippen LogP contribution is -2.52. The summed E-state index contributed by atoms with van der Waals surface area (Å²) in [5, 5.41) is 1.24. The normalized spacial score (nSPS) is 16.6. The smallest absolute Gasteiger partial charge is 0.294 e. The monoisotopic (exact) mass is 820 g/mol. The Balaban J connectivity index is 0.000000155. The molecule has 0 radical (unpaired) electrons. The molecule has 4 N–H and O–H groups in total. The van der Waals surface area contributed by atoms with E-state index in [0.29, 0.717) is 0 Å². The molecule has 2 saturated heterocycles. The number of aromatic amines is 1. The lowest BCUT2D eigenvalue weighted by molar-refractivity contribution is 0.0827. The molecule has 296 valence electrons. The van der Waals surface area contributed by atoms with Gasteiger partial charge in [-0.1, -0.05) is 59.2 Å². The number of aromatic nitrogens is 2. The molecule has 4 heterocycles. The van der Waals surface area contributed by atoms with Crippen LogP contribution < -0.4 is 4.90 Å². The Morgan fingerprint density at radius 2 is 1.07 bits per heavy atom. The predicted octanol–water partition coefficient (Wildman–Crippen LogP) is 6.71. The van der Waals surface area contributed by atoms with Crippen molar-refractivity contribution in [2.75, 3.05) is 31.6 Å². The third kappa shape index (κ3) is 11.3. The summed E-state index contributed by atoms with van der Waals surface area (Å²) < 4.78 is 88.7. The minimum Gasteiger partial charge on any atom is -0.368 e. The van der Waals surface area contributed by atoms with E-state index in [1.807, 2.05) is 39.4 Å². The third-order valence-corrected chi connectivity index (χ3v) is 12.0. The zero-order chi connectivity index (χ0) is 40.8. The maximum atomic E-state index is 10.5. The van der Waals surface area contributed by atoms with E-state index in [1.54, 1.807) is 36.4 Å². The molecular weight excluding hydrogens is 777 g/mol. The van der Waals surface area contributed by atoms with Crippen LogP contribution in [0.5, 0.6) is 0 Å². The number of hydrogen-bond acceptors (Lipinski definition) is 9. The van der Waals surface area contributed by atoms with Gasteiger partial charge in [0.2, 0.25) is 0 Å². The maximum absolute atomic E-state index is 10.5. The average molecular weight is 821 g/mol. The van der Waals surface area contributed by atoms with Gasteiger partial charge in [0.25, 0.3) is 30.4 Å². The Bertz CT molecular complexity index is 2420. The highest BCUT2D eigenvalue weighted by Crippen LogP contribution is 2.35. The van der Waals surface area contributed by atoms with Crippen LogP contribution in [0.25, 0.3) is 22.0 Å². The van der Waals surface area contributed by atoms with Crippen molar-refractivity contribution in [2.24, 2.45) is 5.92 Å². The fourth-order valence-corrected chi connectivity index (χ4v) is 7.67. The first-order chi connectivity index (χ1) is 26.3. The molecule has 6 aromatic rings. The highest BCUT2D eigenvalue weighted by atomic mass is 32.2. The lowest BCUT2D eigenvalue weighted by Gasteiger charge is -2.40. The van der Waals surface area contributed by atoms with Crippen molar-refractivity contribution >= 4 is 46.9 Å². The molecule has 4 aromatic carbocycles. The summed E-state index contributed by atoms with van der Waals surface area (Å²) in [6.45, 7) is 9.05. The molecule has 2 aromatic heterocycles. The number of H-pyrrole nitrogens is 1. The number of likely N-dealkylation sites (N-methyl/N-ethyl adjacent to an activating group) is 1. The highest BCUT2D eigenvalue weighted by Gasteiger charge is 2.43. The summed E-state index contributed by atoms with van der Waals surface area (Å²) in [6.07, 6.45) is 5.96. The molecule has 2 aliphatic heterocycles. The summed E-state index contributed by atoms with van der Waals surface area (Å²) in [5.74, 6) is 0.833. The van der Waals surface area contributed by atoms with Crippen LogP contribution >= 0.6 is 0 Å². The molecule has 56 heavy (non-hydrogen) atoms. The number of anilines is 1. The highest BCUT2D eigenvalue weighted by molar-refractivity contribution is 7.86. The van der Waals surface area contributed by atoms with Gasteiger partial charge in [-0.15, -0.1) is 0 Å². The summed E-state index contributed by atoms with van der Waals surface area (Å²) in [4.78, 5) is 12.5. The van der Waals surface area contributed by atoms with Crippen LogP contribution in [0, 0.1) is 26.7 Å². The fourth-order valence-electron chi connectivity index (χ4n) is 6.23. The number of fused-ring (bicyclic) bond motifs is 2. The van der Waals surface area contributed by atoms with Gasteiger partial charge in [-0.05, 0) is 99.4 Å². The van der Waals surface area contributed by atoms with E-state index in [2.05, 4.69) is 57.1 Å². The van der Waals surface area contributed by atoms with Crippen LogP contribution in [0.2, 0.25) is 0 Å². The molecule has 16 heteroatoms. The zero-order valence-corrected chi connectivity index (χ0v) is 33.6. The van der Waals surface area contributed by atoms with Gasteiger partial charge < -0.3 is 14.8 Å². The van der Waals surface area contributed by atoms with Crippen molar-refractivity contribution < 1.29 is 38.9 Å². The minimum absolute atomic E-state index is 0.0666. The molecule has 0 bridgehead atoms. The molecule has 2 fully saturated rings. The first-order valence-electron chi connectivity index (χ1n) is 17.4. The quantitative estimate of drug-likeness (QED) is 0.134. The fraction of sp³-hybridized carbons (Fsp3) is 0.225. The van der Waals surface area contributed by atoms with E-state index in [0.717, 1.165) is 41.7 Å². The molecule has 8 rings (SSSR count). The standard InChI is InChI=1S/C19H20N4.3C7H8O3S/c1-22-10-16-11-23(12-19(16)22)17-7-15(8-20-9-17)13-2-3-18-14(6-13)4-5-21-18;3*1-6-2-4-7(5-3-6)11(8,9)10/h2-9,16,19,21H,10-12H2,1H3;3*2-5H,1H3,(H,8,9,10)/t16-,19+;;;/m1.../s1. The van der Waals surface area contributed by atoms with Crippen LogP contribution in [-0.2, 0) is 30.4 Å². The van der Waals surface area contributed by atoms with Crippen molar-refractivity contribution in [1.82, 2.24) is 14.9 Å². The number of likely N-dealkylation sites (tertiary alicyclic amines) is 1. The summed E-state index contributed by atoms with van der Waals surface area (Å²) >= 11 is 0. The topological polar surface area (TPSA) is 198 Å². The van der Waals surface area contributed by atoms with Gasteiger partial charge in [0.15, 0.2) is 0 Å². The Morgan fingerprint density at radius 1 is 0.589 bits per heavy atom. The number of hydrogen-bond donors (Lipinski definition) is 4. The number of pyridine rings is 1. The first-order valence-corrected chi connectivity index (χ1v) is 21.7. The van der Waals surface area contributed by atoms with Crippen molar-refractivity contribution in [3.8, 4) is 11.1 Å². The van der Waals surface area contributed by atoms with E-state index in [9.17, 15) is 25.3 Å². The van der Waals surface area contributed by atoms with E-state index in [4.69, 9.17) is 13.7 Å². The van der Waals surface area contributed by atoms with E-state index < -0.39 is 30.4 Å². The maximum Gasteiger partial charge on any atom is 0.294 e. The van der Waals surface area contributed by atoms with Crippen LogP contribution in [0.3, 0.4) is 0 Å². The minimum atomic E-state index is -4.02. The van der Waals surface area contributed by atoms with E-state index in [1.165, 1.54) is 70.7 Å². The number of aryl methyl sites for hydroxylation is 3. The second kappa shape index (κ2) is 17.5. The Kier molecular flexibility index (Phi) is 13.2. The molecule has 0 aliphatic carbocycles. The molecule has 2 aliphatic rings. The van der Waals surface area contributed by atoms with Gasteiger partial charge in [0, 0.05) is 55.1 Å². The molecular formula is C40H44N4O9S3. The SMILES string of the molecule is CN1C[C@@H]2CN(c3cncc(-c4ccc5[nH]ccc5c4)c3)C[C@@H]21.Cc1ccc(S(=O)(=O)O)cc1.Cc1ccc(S(=O)(=O)O)cc1.Cc1ccc(S(=O)(=O)O)cc1. The largest absolute Gasteiger partial charge is 0.368 e. The number of nitrogens with zero attached hydrogens (tertiary/aromatic N) is 3. The molecule has 0 saturated carbocycles. The second-order valence-electron chi connectivity index (χ2n) is 13.7. The van der Waals surface area contributed by atoms with Gasteiger partial charge in [-0.25, -0.2) is 0 Å². The van der Waals surface area contributed by atoms with Crippen molar-refractivity contribution in [1.29, 1.82) is 0 Å². The third-order valence-electron chi connectivity index (χ3n) is 9.43. The molecule has 0 amide bonds. The summed E-state index contributed by atoms with van der Waals surface area (Å²) in [5.41, 5.74) is 7.72. The number of benzene rings is 4. The Labute approximate surface area is 327 Å². The van der Waals surface area contributed by atoms with Crippen molar-refractivity contribution in [2.45, 2.75) is 41.5 Å². The Hall–Kier alpha value is -4.94. The lowest BCUT2D eigenvalue weighted by atomic mass is 9.93. The summed E-state index contributed by atoms with van der Waals surface area (Å²) in [7, 11) is -9.83. The van der Waals surface area contributed by atoms with E-state index >= 15 is 0 Å². The van der Waals surface area contributed by atoms with Crippen LogP contribution in [-0.4, -0.2) is 86.5 Å². The Morgan fingerprint density at radius 3 is 1.50 bits per heavy atom. The van der Waals surface area contributed by atoms with Crippen LogP contribution in [0.1, 0.15) is 16.7 Å². The van der Waals surface area contributed by atoms with Gasteiger partial charge in [-0.2, -0.15) is 25.3 Å². The molecule has 0 spiro atoms. The van der Waals surface area contributed by atoms with Crippen molar-refractivity contribution in [3.05, 3.63) is 138 Å². The van der Waals surface area contributed by atoms with Crippen LogP contribution in [0.4, 0.5) is 5.69 Å². The van der Waals surface area contributed by atoms with Crippen LogP contribution in [0.15, 0.2) is 136 Å². The zero-order valence-electron chi connectivity index (χ0n) is 31.2. The van der Waals surface area contributed by atoms with Gasteiger partial charge >= 0.3 is 0 Å². The summed E-state index contributed by atoms with van der Waals surface area (Å²) in [6, 6.07) is 29.6. The van der Waals surface area contributed by atoms with Gasteiger partial charge in [0.05, 0.1) is 26.6 Å². The second-order valence-corrected chi connectivity index (χ2v) is 18.0. The molecule has 0 unspecified atom stereocenters. The number of rotatable bonds is 5. The average Bonchev–Trinajstić information content (AvgIpc) is 3.76. The van der Waals surface area contributed by atoms with Crippen molar-refractivity contribution in [3.63, 3.8) is 0 Å². The predicted molar refractivity (Wildman–Crippen MR) is 217 cm³/mol. The molecule has 13 nitrogen and oxygen atoms in total. The molecule has 2 atom stereocenters. The van der Waals surface area contributed by atoms with E-state index in [-0.39, 0.29) is 14.7 Å². The number of nitrogens with one attached hydrogen (secondary N) is 1. The van der Waals surface area contributed by atoms with Gasteiger partial charge in [0.1, 0.15) is 0 Å². The van der Waals surface area contributed by atoms with Gasteiger partial charge in [-0.3, -0.25) is 18.6 Å². The first kappa shape index (κ1) is 42.2.